The van der Waals surface area contributed by atoms with Crippen molar-refractivity contribution in [3.8, 4) is 0 Å². The third kappa shape index (κ3) is 2.15. The summed E-state index contributed by atoms with van der Waals surface area (Å²) in [4.78, 5) is 0. The van der Waals surface area contributed by atoms with Crippen molar-refractivity contribution in [1.29, 1.82) is 0 Å². The topological polar surface area (TPSA) is 24.1 Å². The second-order valence-corrected chi connectivity index (χ2v) is 5.40. The van der Waals surface area contributed by atoms with Gasteiger partial charge in [-0.05, 0) is 18.6 Å². The Labute approximate surface area is 116 Å². The Morgan fingerprint density at radius 1 is 1.16 bits per heavy atom. The van der Waals surface area contributed by atoms with Gasteiger partial charge in [0.2, 0.25) is 0 Å². The predicted octanol–water partition coefficient (Wildman–Crippen LogP) is 4.23. The lowest BCUT2D eigenvalue weighted by molar-refractivity contribution is 0.563. The van der Waals surface area contributed by atoms with E-state index in [1.54, 1.807) is 6.07 Å². The van der Waals surface area contributed by atoms with Crippen LogP contribution in [0.25, 0.3) is 0 Å². The lowest BCUT2D eigenvalue weighted by Crippen LogP contribution is -2.42. The van der Waals surface area contributed by atoms with Gasteiger partial charge in [-0.2, -0.15) is 0 Å². The maximum Gasteiger partial charge on any atom is 0.143 e. The van der Waals surface area contributed by atoms with E-state index in [0.717, 1.165) is 11.4 Å². The van der Waals surface area contributed by atoms with Crippen LogP contribution in [-0.2, 0) is 5.54 Å². The van der Waals surface area contributed by atoms with Gasteiger partial charge in [0.1, 0.15) is 5.82 Å². The van der Waals surface area contributed by atoms with Crippen LogP contribution < -0.4 is 10.6 Å². The standard InChI is InChI=1S/C15H14ClFN2/c1-15(10-5-3-2-4-6-10)9-18-13-8-12(17)11(16)7-14(13)19-15/h2-8,18-19H,9H2,1H3. The highest BCUT2D eigenvalue weighted by Gasteiger charge is 2.31. The van der Waals surface area contributed by atoms with Crippen molar-refractivity contribution in [3.05, 3.63) is 58.9 Å². The molecule has 2 N–H and O–H groups in total. The second kappa shape index (κ2) is 4.42. The van der Waals surface area contributed by atoms with Gasteiger partial charge in [-0.25, -0.2) is 4.39 Å². The average molecular weight is 277 g/mol. The molecule has 1 aliphatic rings. The molecule has 0 saturated heterocycles. The monoisotopic (exact) mass is 276 g/mol. The SMILES string of the molecule is CC1(c2ccccc2)CNc2cc(F)c(Cl)cc2N1. The summed E-state index contributed by atoms with van der Waals surface area (Å²) in [6, 6.07) is 13.2. The largest absolute Gasteiger partial charge is 0.381 e. The molecule has 0 amide bonds. The first-order valence-corrected chi connectivity index (χ1v) is 6.53. The molecule has 0 aliphatic carbocycles. The van der Waals surface area contributed by atoms with Crippen LogP contribution in [-0.4, -0.2) is 6.54 Å². The fourth-order valence-electron chi connectivity index (χ4n) is 2.39. The van der Waals surface area contributed by atoms with Crippen LogP contribution >= 0.6 is 11.6 Å². The maximum atomic E-state index is 13.4. The molecule has 1 unspecified atom stereocenters. The molecule has 0 fully saturated rings. The van der Waals surface area contributed by atoms with Crippen LogP contribution in [0.1, 0.15) is 12.5 Å². The van der Waals surface area contributed by atoms with Gasteiger partial charge >= 0.3 is 0 Å². The molecule has 3 rings (SSSR count). The van der Waals surface area contributed by atoms with E-state index in [1.165, 1.54) is 11.6 Å². The van der Waals surface area contributed by atoms with E-state index in [-0.39, 0.29) is 10.6 Å². The van der Waals surface area contributed by atoms with Crippen molar-refractivity contribution in [3.63, 3.8) is 0 Å². The fraction of sp³-hybridized carbons (Fsp3) is 0.200. The van der Waals surface area contributed by atoms with Gasteiger partial charge < -0.3 is 10.6 Å². The van der Waals surface area contributed by atoms with Crippen LogP contribution in [0.5, 0.6) is 0 Å². The molecule has 1 atom stereocenters. The molecule has 2 aromatic rings. The van der Waals surface area contributed by atoms with Crippen molar-refractivity contribution < 1.29 is 4.39 Å². The van der Waals surface area contributed by atoms with Crippen LogP contribution in [0, 0.1) is 5.82 Å². The van der Waals surface area contributed by atoms with Gasteiger partial charge in [-0.3, -0.25) is 0 Å². The number of benzene rings is 2. The Morgan fingerprint density at radius 2 is 1.89 bits per heavy atom. The Hall–Kier alpha value is -1.74. The Bertz CT molecular complexity index is 615. The van der Waals surface area contributed by atoms with Crippen molar-refractivity contribution in [2.45, 2.75) is 12.5 Å². The minimum Gasteiger partial charge on any atom is -0.381 e. The molecule has 2 nitrogen and oxygen atoms in total. The molecule has 0 saturated carbocycles. The van der Waals surface area contributed by atoms with E-state index in [4.69, 9.17) is 11.6 Å². The fourth-order valence-corrected chi connectivity index (χ4v) is 2.55. The summed E-state index contributed by atoms with van der Waals surface area (Å²) in [6.45, 7) is 2.79. The first-order valence-electron chi connectivity index (χ1n) is 6.15. The van der Waals surface area contributed by atoms with Crippen LogP contribution in [0.2, 0.25) is 5.02 Å². The molecule has 1 aliphatic heterocycles. The van der Waals surface area contributed by atoms with Gasteiger partial charge in [0, 0.05) is 12.6 Å². The van der Waals surface area contributed by atoms with Gasteiger partial charge in [0.25, 0.3) is 0 Å². The van der Waals surface area contributed by atoms with Crippen molar-refractivity contribution >= 4 is 23.0 Å². The van der Waals surface area contributed by atoms with E-state index in [9.17, 15) is 4.39 Å². The zero-order chi connectivity index (χ0) is 13.5. The molecule has 98 valence electrons. The highest BCUT2D eigenvalue weighted by molar-refractivity contribution is 6.31. The molecule has 0 radical (unpaired) electrons. The highest BCUT2D eigenvalue weighted by Crippen LogP contribution is 2.37. The van der Waals surface area contributed by atoms with Crippen LogP contribution in [0.4, 0.5) is 15.8 Å². The summed E-state index contributed by atoms with van der Waals surface area (Å²) >= 11 is 5.84. The number of nitrogens with one attached hydrogen (secondary N) is 2. The number of hydrogen-bond acceptors (Lipinski definition) is 2. The summed E-state index contributed by atoms with van der Waals surface area (Å²) in [5.41, 5.74) is 2.50. The maximum absolute atomic E-state index is 13.4. The molecular weight excluding hydrogens is 263 g/mol. The van der Waals surface area contributed by atoms with E-state index < -0.39 is 5.82 Å². The first kappa shape index (κ1) is 12.3. The van der Waals surface area contributed by atoms with Crippen molar-refractivity contribution in [2.75, 3.05) is 17.2 Å². The summed E-state index contributed by atoms with van der Waals surface area (Å²) < 4.78 is 13.4. The Balaban J connectivity index is 2.00. The summed E-state index contributed by atoms with van der Waals surface area (Å²) in [5, 5.41) is 6.83. The zero-order valence-corrected chi connectivity index (χ0v) is 11.3. The van der Waals surface area contributed by atoms with Crippen molar-refractivity contribution in [2.24, 2.45) is 0 Å². The third-order valence-electron chi connectivity index (χ3n) is 3.51. The summed E-state index contributed by atoms with van der Waals surface area (Å²) in [7, 11) is 0. The minimum atomic E-state index is -0.405. The smallest absolute Gasteiger partial charge is 0.143 e. The molecule has 4 heteroatoms. The van der Waals surface area contributed by atoms with Crippen molar-refractivity contribution in [1.82, 2.24) is 0 Å². The average Bonchev–Trinajstić information content (AvgIpc) is 2.42. The number of fused-ring (bicyclic) bond motifs is 1. The molecule has 0 bridgehead atoms. The zero-order valence-electron chi connectivity index (χ0n) is 10.5. The molecule has 1 heterocycles. The summed E-state index contributed by atoms with van der Waals surface area (Å²) in [5.74, 6) is -0.405. The number of rotatable bonds is 1. The highest BCUT2D eigenvalue weighted by atomic mass is 35.5. The Kier molecular flexibility index (Phi) is 2.86. The van der Waals surface area contributed by atoms with E-state index in [2.05, 4.69) is 29.7 Å². The van der Waals surface area contributed by atoms with Gasteiger partial charge in [-0.1, -0.05) is 41.9 Å². The van der Waals surface area contributed by atoms with E-state index >= 15 is 0 Å². The second-order valence-electron chi connectivity index (χ2n) is 4.99. The molecule has 0 aromatic heterocycles. The van der Waals surface area contributed by atoms with Gasteiger partial charge in [0.15, 0.2) is 0 Å². The molecule has 2 aromatic carbocycles. The third-order valence-corrected chi connectivity index (χ3v) is 3.80. The summed E-state index contributed by atoms with van der Waals surface area (Å²) in [6.07, 6.45) is 0. The lowest BCUT2D eigenvalue weighted by Gasteiger charge is -2.38. The molecule has 19 heavy (non-hydrogen) atoms. The minimum absolute atomic E-state index is 0.130. The Morgan fingerprint density at radius 3 is 2.63 bits per heavy atom. The molecule has 0 spiro atoms. The normalized spacial score (nSPS) is 21.2. The van der Waals surface area contributed by atoms with Gasteiger partial charge in [-0.15, -0.1) is 0 Å². The van der Waals surface area contributed by atoms with Crippen LogP contribution in [0.15, 0.2) is 42.5 Å². The predicted molar refractivity (Wildman–Crippen MR) is 77.3 cm³/mol. The number of halogens is 2. The van der Waals surface area contributed by atoms with E-state index in [1.807, 2.05) is 18.2 Å². The first-order chi connectivity index (χ1) is 9.08. The van der Waals surface area contributed by atoms with Gasteiger partial charge in [0.05, 0.1) is 21.9 Å². The number of anilines is 2. The van der Waals surface area contributed by atoms with Crippen LogP contribution in [0.3, 0.4) is 0 Å². The molecular formula is C15H14ClFN2. The van der Waals surface area contributed by atoms with E-state index in [0.29, 0.717) is 6.54 Å². The number of hydrogen-bond donors (Lipinski definition) is 2. The lowest BCUT2D eigenvalue weighted by atomic mass is 9.89. The quantitative estimate of drug-likeness (QED) is 0.814.